The molecule has 1 aliphatic rings. The summed E-state index contributed by atoms with van der Waals surface area (Å²) in [6.45, 7) is 3.21. The minimum absolute atomic E-state index is 0.152. The topological polar surface area (TPSA) is 44.5 Å². The Morgan fingerprint density at radius 1 is 1.40 bits per heavy atom. The number of halogens is 1. The van der Waals surface area contributed by atoms with E-state index in [2.05, 4.69) is 15.9 Å². The van der Waals surface area contributed by atoms with E-state index >= 15 is 0 Å². The molecule has 0 spiro atoms. The van der Waals surface area contributed by atoms with Gasteiger partial charge in [-0.25, -0.2) is 0 Å². The molecule has 1 aliphatic heterocycles. The van der Waals surface area contributed by atoms with E-state index in [-0.39, 0.29) is 6.04 Å². The molecule has 3 nitrogen and oxygen atoms in total. The van der Waals surface area contributed by atoms with E-state index in [1.807, 2.05) is 19.1 Å². The molecule has 1 atom stereocenters. The summed E-state index contributed by atoms with van der Waals surface area (Å²) in [6, 6.07) is 4.19. The summed E-state index contributed by atoms with van der Waals surface area (Å²) < 4.78 is 12.0. The summed E-state index contributed by atoms with van der Waals surface area (Å²) in [5.41, 5.74) is 6.93. The van der Waals surface area contributed by atoms with Crippen LogP contribution in [0.25, 0.3) is 0 Å². The minimum atomic E-state index is 0.152. The lowest BCUT2D eigenvalue weighted by atomic mass is 10.1. The van der Waals surface area contributed by atoms with Gasteiger partial charge in [0.25, 0.3) is 0 Å². The summed E-state index contributed by atoms with van der Waals surface area (Å²) >= 11 is 3.48. The largest absolute Gasteiger partial charge is 0.486 e. The fourth-order valence-corrected chi connectivity index (χ4v) is 2.26. The van der Waals surface area contributed by atoms with Gasteiger partial charge in [-0.3, -0.25) is 0 Å². The lowest BCUT2D eigenvalue weighted by molar-refractivity contribution is 0.170. The third kappa shape index (κ3) is 2.44. The molecule has 0 bridgehead atoms. The number of hydrogen-bond donors (Lipinski definition) is 1. The predicted octanol–water partition coefficient (Wildman–Crippen LogP) is 2.11. The predicted molar refractivity (Wildman–Crippen MR) is 62.5 cm³/mol. The van der Waals surface area contributed by atoms with Crippen molar-refractivity contribution in [2.45, 2.75) is 19.4 Å². The molecule has 1 aromatic carbocycles. The van der Waals surface area contributed by atoms with Crippen molar-refractivity contribution in [1.82, 2.24) is 0 Å². The van der Waals surface area contributed by atoms with Crippen LogP contribution in [0.1, 0.15) is 12.5 Å². The maximum atomic E-state index is 5.76. The van der Waals surface area contributed by atoms with Crippen LogP contribution >= 0.6 is 15.9 Å². The van der Waals surface area contributed by atoms with Crippen LogP contribution < -0.4 is 15.2 Å². The van der Waals surface area contributed by atoms with Crippen LogP contribution in [0.3, 0.4) is 0 Å². The molecule has 0 aromatic heterocycles. The van der Waals surface area contributed by atoms with Gasteiger partial charge in [-0.05, 0) is 47.0 Å². The van der Waals surface area contributed by atoms with Crippen molar-refractivity contribution in [3.63, 3.8) is 0 Å². The lowest BCUT2D eigenvalue weighted by Gasteiger charge is -2.20. The second kappa shape index (κ2) is 4.41. The zero-order valence-electron chi connectivity index (χ0n) is 8.63. The molecule has 0 fully saturated rings. The van der Waals surface area contributed by atoms with Crippen molar-refractivity contribution < 1.29 is 9.47 Å². The first kappa shape index (κ1) is 10.8. The van der Waals surface area contributed by atoms with Gasteiger partial charge in [-0.1, -0.05) is 0 Å². The number of hydrogen-bond acceptors (Lipinski definition) is 3. The van der Waals surface area contributed by atoms with Crippen molar-refractivity contribution >= 4 is 15.9 Å². The SMILES string of the molecule is C[C@H](N)Cc1cc(Br)c2c(c1)OCCO2. The molecule has 1 heterocycles. The third-order valence-corrected chi connectivity index (χ3v) is 2.80. The molecule has 15 heavy (non-hydrogen) atoms. The van der Waals surface area contributed by atoms with Gasteiger partial charge in [0.05, 0.1) is 4.47 Å². The van der Waals surface area contributed by atoms with Crippen LogP contribution in [-0.2, 0) is 6.42 Å². The summed E-state index contributed by atoms with van der Waals surface area (Å²) in [7, 11) is 0. The first-order chi connectivity index (χ1) is 7.16. The molecule has 0 radical (unpaired) electrons. The van der Waals surface area contributed by atoms with Gasteiger partial charge in [0.2, 0.25) is 0 Å². The summed E-state index contributed by atoms with van der Waals surface area (Å²) in [6.07, 6.45) is 0.842. The van der Waals surface area contributed by atoms with Gasteiger partial charge in [-0.15, -0.1) is 0 Å². The van der Waals surface area contributed by atoms with Gasteiger partial charge in [0.15, 0.2) is 11.5 Å². The van der Waals surface area contributed by atoms with Crippen LogP contribution in [0.15, 0.2) is 16.6 Å². The van der Waals surface area contributed by atoms with Gasteiger partial charge >= 0.3 is 0 Å². The van der Waals surface area contributed by atoms with Crippen LogP contribution in [0.4, 0.5) is 0 Å². The highest BCUT2D eigenvalue weighted by Crippen LogP contribution is 2.38. The van der Waals surface area contributed by atoms with E-state index < -0.39 is 0 Å². The molecule has 0 aliphatic carbocycles. The summed E-state index contributed by atoms with van der Waals surface area (Å²) in [4.78, 5) is 0. The molecule has 2 N–H and O–H groups in total. The highest BCUT2D eigenvalue weighted by molar-refractivity contribution is 9.10. The van der Waals surface area contributed by atoms with Gasteiger partial charge in [0.1, 0.15) is 13.2 Å². The van der Waals surface area contributed by atoms with E-state index in [0.29, 0.717) is 13.2 Å². The van der Waals surface area contributed by atoms with E-state index in [0.717, 1.165) is 22.4 Å². The highest BCUT2D eigenvalue weighted by Gasteiger charge is 2.16. The number of ether oxygens (including phenoxy) is 2. The van der Waals surface area contributed by atoms with Crippen molar-refractivity contribution in [3.05, 3.63) is 22.2 Å². The molecule has 0 saturated heterocycles. The first-order valence-electron chi connectivity index (χ1n) is 5.00. The zero-order chi connectivity index (χ0) is 10.8. The molecular formula is C11H14BrNO2. The Balaban J connectivity index is 2.32. The standard InChI is InChI=1S/C11H14BrNO2/c1-7(13)4-8-5-9(12)11-10(6-8)14-2-3-15-11/h5-7H,2-4,13H2,1H3/t7-/m0/s1. The minimum Gasteiger partial charge on any atom is -0.486 e. The average Bonchev–Trinajstić information content (AvgIpc) is 2.16. The molecule has 1 aromatic rings. The number of fused-ring (bicyclic) bond motifs is 1. The molecular weight excluding hydrogens is 258 g/mol. The summed E-state index contributed by atoms with van der Waals surface area (Å²) in [5.74, 6) is 1.61. The molecule has 4 heteroatoms. The van der Waals surface area contributed by atoms with E-state index in [9.17, 15) is 0 Å². The number of nitrogens with two attached hydrogens (primary N) is 1. The van der Waals surface area contributed by atoms with Crippen molar-refractivity contribution in [2.24, 2.45) is 5.73 Å². The molecule has 0 amide bonds. The van der Waals surface area contributed by atoms with E-state index in [1.165, 1.54) is 5.56 Å². The lowest BCUT2D eigenvalue weighted by Crippen LogP contribution is -2.19. The Morgan fingerprint density at radius 3 is 2.87 bits per heavy atom. The summed E-state index contributed by atoms with van der Waals surface area (Å²) in [5, 5.41) is 0. The molecule has 82 valence electrons. The Bertz CT molecular complexity index is 366. The normalized spacial score (nSPS) is 16.2. The van der Waals surface area contributed by atoms with Crippen molar-refractivity contribution in [2.75, 3.05) is 13.2 Å². The van der Waals surface area contributed by atoms with Gasteiger partial charge < -0.3 is 15.2 Å². The maximum absolute atomic E-state index is 5.76. The first-order valence-corrected chi connectivity index (χ1v) is 5.79. The van der Waals surface area contributed by atoms with Crippen LogP contribution in [0, 0.1) is 0 Å². The fourth-order valence-electron chi connectivity index (χ4n) is 1.65. The smallest absolute Gasteiger partial charge is 0.175 e. The number of benzene rings is 1. The Morgan fingerprint density at radius 2 is 2.13 bits per heavy atom. The van der Waals surface area contributed by atoms with Crippen LogP contribution in [0.2, 0.25) is 0 Å². The van der Waals surface area contributed by atoms with Crippen molar-refractivity contribution in [1.29, 1.82) is 0 Å². The molecule has 0 saturated carbocycles. The fraction of sp³-hybridized carbons (Fsp3) is 0.455. The molecule has 0 unspecified atom stereocenters. The van der Waals surface area contributed by atoms with E-state index in [1.54, 1.807) is 0 Å². The molecule has 2 rings (SSSR count). The maximum Gasteiger partial charge on any atom is 0.175 e. The van der Waals surface area contributed by atoms with E-state index in [4.69, 9.17) is 15.2 Å². The monoisotopic (exact) mass is 271 g/mol. The second-order valence-electron chi connectivity index (χ2n) is 3.78. The highest BCUT2D eigenvalue weighted by atomic mass is 79.9. The van der Waals surface area contributed by atoms with Crippen molar-refractivity contribution in [3.8, 4) is 11.5 Å². The van der Waals surface area contributed by atoms with Gasteiger partial charge in [-0.2, -0.15) is 0 Å². The van der Waals surface area contributed by atoms with Gasteiger partial charge in [0, 0.05) is 6.04 Å². The Kier molecular flexibility index (Phi) is 3.17. The average molecular weight is 272 g/mol. The van der Waals surface area contributed by atoms with Crippen LogP contribution in [-0.4, -0.2) is 19.3 Å². The van der Waals surface area contributed by atoms with Crippen LogP contribution in [0.5, 0.6) is 11.5 Å². The Hall–Kier alpha value is -0.740. The zero-order valence-corrected chi connectivity index (χ0v) is 10.2. The quantitative estimate of drug-likeness (QED) is 0.896. The Labute approximate surface area is 97.7 Å². The number of rotatable bonds is 2. The third-order valence-electron chi connectivity index (χ3n) is 2.21. The second-order valence-corrected chi connectivity index (χ2v) is 4.64.